The van der Waals surface area contributed by atoms with Crippen molar-refractivity contribution in [2.24, 2.45) is 0 Å². The average molecular weight is 414 g/mol. The lowest BCUT2D eigenvalue weighted by atomic mass is 10.1. The molecule has 2 aromatic carbocycles. The summed E-state index contributed by atoms with van der Waals surface area (Å²) in [6, 6.07) is 10.2. The second-order valence-electron chi connectivity index (χ2n) is 6.16. The zero-order valence-electron chi connectivity index (χ0n) is 15.1. The zero-order valence-corrected chi connectivity index (χ0v) is 16.6. The van der Waals surface area contributed by atoms with Crippen molar-refractivity contribution in [3.8, 4) is 0 Å². The minimum atomic E-state index is -0.464. The topological polar surface area (TPSA) is 88.2 Å². The summed E-state index contributed by atoms with van der Waals surface area (Å²) in [5.74, 6) is -0.743. The van der Waals surface area contributed by atoms with Gasteiger partial charge in [0.1, 0.15) is 5.00 Å². The van der Waals surface area contributed by atoms with Crippen LogP contribution in [0.2, 0.25) is 5.02 Å². The van der Waals surface area contributed by atoms with Gasteiger partial charge in [-0.1, -0.05) is 40.1 Å². The number of aromatic nitrogens is 1. The minimum absolute atomic E-state index is 0.195. The van der Waals surface area contributed by atoms with Crippen LogP contribution in [0.3, 0.4) is 0 Å². The third kappa shape index (κ3) is 4.62. The molecule has 28 heavy (non-hydrogen) atoms. The first-order valence-corrected chi connectivity index (χ1v) is 9.46. The summed E-state index contributed by atoms with van der Waals surface area (Å²) in [7, 11) is 0. The Morgan fingerprint density at radius 3 is 2.39 bits per heavy atom. The van der Waals surface area contributed by atoms with Gasteiger partial charge < -0.3 is 10.6 Å². The molecule has 0 saturated heterocycles. The van der Waals surface area contributed by atoms with E-state index < -0.39 is 5.91 Å². The molecule has 0 bridgehead atoms. The van der Waals surface area contributed by atoms with Crippen LogP contribution in [-0.4, -0.2) is 23.1 Å². The zero-order chi connectivity index (χ0) is 20.3. The van der Waals surface area contributed by atoms with Gasteiger partial charge in [0.15, 0.2) is 11.3 Å². The molecular formula is C20H16ClN3O3S. The van der Waals surface area contributed by atoms with E-state index in [4.69, 9.17) is 11.6 Å². The van der Waals surface area contributed by atoms with E-state index in [9.17, 15) is 14.4 Å². The molecule has 0 aliphatic rings. The number of rotatable bonds is 5. The van der Waals surface area contributed by atoms with Crippen molar-refractivity contribution in [2.75, 3.05) is 10.6 Å². The molecule has 0 aliphatic carbocycles. The normalized spacial score (nSPS) is 10.4. The maximum absolute atomic E-state index is 12.5. The predicted octanol–water partition coefficient (Wildman–Crippen LogP) is 4.73. The highest BCUT2D eigenvalue weighted by Gasteiger charge is 2.15. The number of carbonyl (C=O) groups is 3. The maximum atomic E-state index is 12.5. The van der Waals surface area contributed by atoms with Gasteiger partial charge in [0.2, 0.25) is 0 Å². The number of anilines is 2. The molecule has 1 aromatic heterocycles. The Morgan fingerprint density at radius 2 is 1.75 bits per heavy atom. The van der Waals surface area contributed by atoms with Crippen LogP contribution in [0.25, 0.3) is 0 Å². The van der Waals surface area contributed by atoms with E-state index in [0.717, 1.165) is 22.5 Å². The van der Waals surface area contributed by atoms with Crippen molar-refractivity contribution < 1.29 is 14.4 Å². The molecule has 142 valence electrons. The van der Waals surface area contributed by atoms with Crippen LogP contribution >= 0.6 is 22.9 Å². The van der Waals surface area contributed by atoms with Gasteiger partial charge in [0.05, 0.1) is 16.8 Å². The molecule has 2 N–H and O–H groups in total. The van der Waals surface area contributed by atoms with Crippen molar-refractivity contribution in [3.05, 3.63) is 74.9 Å². The molecule has 3 aromatic rings. The first kappa shape index (κ1) is 19.7. The van der Waals surface area contributed by atoms with Crippen LogP contribution < -0.4 is 10.6 Å². The third-order valence-electron chi connectivity index (χ3n) is 3.81. The van der Waals surface area contributed by atoms with Crippen molar-refractivity contribution >= 4 is 51.7 Å². The quantitative estimate of drug-likeness (QED) is 0.592. The summed E-state index contributed by atoms with van der Waals surface area (Å²) >= 11 is 7.20. The molecule has 0 aliphatic heterocycles. The molecular weight excluding hydrogens is 398 g/mol. The van der Waals surface area contributed by atoms with E-state index >= 15 is 0 Å². The standard InChI is InChI=1S/C20H16ClN3O3S/c1-11-5-12(2)7-13(6-11)19(26)23-14-3-4-16(21)15(8-14)20(27)24-17-9-22-18(10-25)28-17/h3-10H,1-2H3,(H,23,26)(H,24,27). The van der Waals surface area contributed by atoms with E-state index in [-0.39, 0.29) is 21.5 Å². The highest BCUT2D eigenvalue weighted by atomic mass is 35.5. The van der Waals surface area contributed by atoms with Crippen LogP contribution in [0.5, 0.6) is 0 Å². The summed E-state index contributed by atoms with van der Waals surface area (Å²) in [5, 5.41) is 6.34. The van der Waals surface area contributed by atoms with Crippen molar-refractivity contribution in [3.63, 3.8) is 0 Å². The monoisotopic (exact) mass is 413 g/mol. The van der Waals surface area contributed by atoms with Crippen molar-refractivity contribution in [1.82, 2.24) is 4.98 Å². The number of hydrogen-bond acceptors (Lipinski definition) is 5. The minimum Gasteiger partial charge on any atom is -0.322 e. The van der Waals surface area contributed by atoms with Gasteiger partial charge in [-0.25, -0.2) is 4.98 Å². The number of aryl methyl sites for hydroxylation is 2. The molecule has 6 nitrogen and oxygen atoms in total. The maximum Gasteiger partial charge on any atom is 0.257 e. The summed E-state index contributed by atoms with van der Waals surface area (Å²) in [4.78, 5) is 39.6. The number of hydrogen-bond donors (Lipinski definition) is 2. The number of aldehydes is 1. The summed E-state index contributed by atoms with van der Waals surface area (Å²) in [6.45, 7) is 3.84. The van der Waals surface area contributed by atoms with Gasteiger partial charge >= 0.3 is 0 Å². The molecule has 0 radical (unpaired) electrons. The number of nitrogens with zero attached hydrogens (tertiary/aromatic N) is 1. The van der Waals surface area contributed by atoms with E-state index in [1.165, 1.54) is 18.3 Å². The van der Waals surface area contributed by atoms with E-state index in [1.807, 2.05) is 19.9 Å². The number of thiazole rings is 1. The molecule has 0 spiro atoms. The fourth-order valence-corrected chi connectivity index (χ4v) is 3.50. The van der Waals surface area contributed by atoms with Crippen molar-refractivity contribution in [2.45, 2.75) is 13.8 Å². The predicted molar refractivity (Wildman–Crippen MR) is 111 cm³/mol. The Morgan fingerprint density at radius 1 is 1.04 bits per heavy atom. The lowest BCUT2D eigenvalue weighted by Gasteiger charge is -2.10. The van der Waals surface area contributed by atoms with Crippen molar-refractivity contribution in [1.29, 1.82) is 0 Å². The largest absolute Gasteiger partial charge is 0.322 e. The fourth-order valence-electron chi connectivity index (χ4n) is 2.67. The molecule has 3 rings (SSSR count). The molecule has 0 saturated carbocycles. The van der Waals surface area contributed by atoms with Crippen LogP contribution in [0.1, 0.15) is 41.6 Å². The Labute approximate surface area is 170 Å². The van der Waals surface area contributed by atoms with Crippen LogP contribution in [0.15, 0.2) is 42.6 Å². The second-order valence-corrected chi connectivity index (χ2v) is 7.63. The Bertz CT molecular complexity index is 1060. The number of carbonyl (C=O) groups excluding carboxylic acids is 3. The summed E-state index contributed by atoms with van der Waals surface area (Å²) < 4.78 is 0. The van der Waals surface area contributed by atoms with Gasteiger partial charge in [-0.2, -0.15) is 0 Å². The number of nitrogens with one attached hydrogen (secondary N) is 2. The Kier molecular flexibility index (Phi) is 5.87. The Hall–Kier alpha value is -3.03. The summed E-state index contributed by atoms with van der Waals surface area (Å²) in [6.07, 6.45) is 2.00. The highest BCUT2D eigenvalue weighted by molar-refractivity contribution is 7.17. The van der Waals surface area contributed by atoms with Crippen LogP contribution in [-0.2, 0) is 0 Å². The molecule has 0 unspecified atom stereocenters. The lowest BCUT2D eigenvalue weighted by molar-refractivity contribution is 0.101. The summed E-state index contributed by atoms with van der Waals surface area (Å²) in [5.41, 5.74) is 3.14. The van der Waals surface area contributed by atoms with Gasteiger partial charge in [-0.3, -0.25) is 14.4 Å². The number of amides is 2. The first-order chi connectivity index (χ1) is 13.4. The second kappa shape index (κ2) is 8.33. The van der Waals surface area contributed by atoms with Gasteiger partial charge in [-0.15, -0.1) is 0 Å². The van der Waals surface area contributed by atoms with Gasteiger partial charge in [0, 0.05) is 11.3 Å². The number of benzene rings is 2. The van der Waals surface area contributed by atoms with E-state index in [1.54, 1.807) is 18.2 Å². The SMILES string of the molecule is Cc1cc(C)cc(C(=O)Nc2ccc(Cl)c(C(=O)Nc3cnc(C=O)s3)c2)c1. The third-order valence-corrected chi connectivity index (χ3v) is 4.98. The van der Waals surface area contributed by atoms with Crippen LogP contribution in [0, 0.1) is 13.8 Å². The Balaban J connectivity index is 1.79. The lowest BCUT2D eigenvalue weighted by Crippen LogP contribution is -2.15. The van der Waals surface area contributed by atoms with Gasteiger partial charge in [0.25, 0.3) is 11.8 Å². The molecule has 2 amide bonds. The fraction of sp³-hybridized carbons (Fsp3) is 0.100. The number of halogens is 1. The van der Waals surface area contributed by atoms with Crippen LogP contribution in [0.4, 0.5) is 10.7 Å². The molecule has 8 heteroatoms. The molecule has 0 atom stereocenters. The van der Waals surface area contributed by atoms with Gasteiger partial charge in [-0.05, 0) is 44.2 Å². The smallest absolute Gasteiger partial charge is 0.257 e. The highest BCUT2D eigenvalue weighted by Crippen LogP contribution is 2.24. The van der Waals surface area contributed by atoms with E-state index in [0.29, 0.717) is 22.5 Å². The van der Waals surface area contributed by atoms with E-state index in [2.05, 4.69) is 15.6 Å². The first-order valence-electron chi connectivity index (χ1n) is 8.27. The molecule has 1 heterocycles. The molecule has 0 fully saturated rings. The average Bonchev–Trinajstić information content (AvgIpc) is 3.10.